The molecule has 28 heavy (non-hydrogen) atoms. The number of rotatable bonds is 4. The number of carbonyl (C=O) groups is 1. The number of benzene rings is 1. The lowest BCUT2D eigenvalue weighted by Gasteiger charge is -2.34. The second kappa shape index (κ2) is 7.65. The minimum atomic E-state index is -3.71. The van der Waals surface area contributed by atoms with E-state index in [9.17, 15) is 13.2 Å². The van der Waals surface area contributed by atoms with Gasteiger partial charge in [0.05, 0.1) is 34.2 Å². The fraction of sp³-hybridized carbons (Fsp3) is 0.474. The minimum Gasteiger partial charge on any atom is -0.373 e. The Morgan fingerprint density at radius 1 is 1.21 bits per heavy atom. The molecule has 9 heteroatoms. The van der Waals surface area contributed by atoms with Gasteiger partial charge in [0.2, 0.25) is 10.0 Å². The average molecular weight is 407 g/mol. The Kier molecular flexibility index (Phi) is 5.60. The van der Waals surface area contributed by atoms with Gasteiger partial charge in [-0.05, 0) is 45.9 Å². The summed E-state index contributed by atoms with van der Waals surface area (Å²) in [4.78, 5) is 12.8. The molecule has 8 nitrogen and oxygen atoms in total. The second-order valence-corrected chi connectivity index (χ2v) is 9.17. The molecule has 152 valence electrons. The first kappa shape index (κ1) is 20.5. The van der Waals surface area contributed by atoms with Crippen LogP contribution < -0.4 is 5.32 Å². The van der Waals surface area contributed by atoms with Crippen LogP contribution in [0.5, 0.6) is 0 Å². The smallest absolute Gasteiger partial charge is 0.255 e. The van der Waals surface area contributed by atoms with Gasteiger partial charge in [0.25, 0.3) is 5.91 Å². The maximum absolute atomic E-state index is 13.0. The molecule has 1 aliphatic heterocycles. The highest BCUT2D eigenvalue weighted by molar-refractivity contribution is 7.89. The van der Waals surface area contributed by atoms with E-state index in [1.54, 1.807) is 23.9 Å². The number of nitrogens with one attached hydrogen (secondary N) is 1. The fourth-order valence-electron chi connectivity index (χ4n) is 3.41. The van der Waals surface area contributed by atoms with Crippen LogP contribution in [0.25, 0.3) is 0 Å². The highest BCUT2D eigenvalue weighted by Gasteiger charge is 2.32. The number of hydrogen-bond acceptors (Lipinski definition) is 5. The van der Waals surface area contributed by atoms with Crippen LogP contribution in [0.4, 0.5) is 5.69 Å². The lowest BCUT2D eigenvalue weighted by atomic mass is 10.2. The molecule has 3 rings (SSSR count). The molecule has 0 bridgehead atoms. The molecule has 1 aliphatic rings. The van der Waals surface area contributed by atoms with Gasteiger partial charge in [0, 0.05) is 25.7 Å². The second-order valence-electron chi connectivity index (χ2n) is 7.23. The normalized spacial score (nSPS) is 20.9. The average Bonchev–Trinajstić information content (AvgIpc) is 2.87. The molecular weight excluding hydrogens is 380 g/mol. The molecule has 2 aromatic rings. The van der Waals surface area contributed by atoms with Crippen LogP contribution in [0.2, 0.25) is 0 Å². The molecule has 2 atom stereocenters. The van der Waals surface area contributed by atoms with Crippen molar-refractivity contribution in [2.75, 3.05) is 18.4 Å². The van der Waals surface area contributed by atoms with E-state index < -0.39 is 10.0 Å². The number of anilines is 1. The summed E-state index contributed by atoms with van der Waals surface area (Å²) in [6, 6.07) is 6.10. The van der Waals surface area contributed by atoms with Crippen molar-refractivity contribution in [1.82, 2.24) is 14.1 Å². The van der Waals surface area contributed by atoms with Crippen molar-refractivity contribution in [3.05, 3.63) is 41.2 Å². The van der Waals surface area contributed by atoms with E-state index in [0.717, 1.165) is 5.69 Å². The highest BCUT2D eigenvalue weighted by atomic mass is 32.2. The van der Waals surface area contributed by atoms with Gasteiger partial charge in [-0.2, -0.15) is 9.40 Å². The monoisotopic (exact) mass is 406 g/mol. The summed E-state index contributed by atoms with van der Waals surface area (Å²) < 4.78 is 34.8. The third-order valence-electron chi connectivity index (χ3n) is 4.87. The Bertz CT molecular complexity index is 989. The highest BCUT2D eigenvalue weighted by Crippen LogP contribution is 2.23. The predicted octanol–water partition coefficient (Wildman–Crippen LogP) is 2.09. The predicted molar refractivity (Wildman–Crippen MR) is 106 cm³/mol. The van der Waals surface area contributed by atoms with Gasteiger partial charge < -0.3 is 10.1 Å². The van der Waals surface area contributed by atoms with Crippen LogP contribution in [0, 0.1) is 13.8 Å². The molecule has 1 aromatic carbocycles. The van der Waals surface area contributed by atoms with Crippen LogP contribution in [-0.4, -0.2) is 53.7 Å². The van der Waals surface area contributed by atoms with Crippen molar-refractivity contribution >= 4 is 21.6 Å². The third-order valence-corrected chi connectivity index (χ3v) is 6.70. The summed E-state index contributed by atoms with van der Waals surface area (Å²) in [6.45, 7) is 7.94. The molecule has 1 saturated heterocycles. The molecule has 0 saturated carbocycles. The first-order chi connectivity index (χ1) is 13.1. The Balaban J connectivity index is 1.86. The van der Waals surface area contributed by atoms with Crippen molar-refractivity contribution in [2.24, 2.45) is 7.05 Å². The van der Waals surface area contributed by atoms with E-state index in [-0.39, 0.29) is 41.7 Å². The number of aromatic nitrogens is 2. The van der Waals surface area contributed by atoms with Crippen LogP contribution in [0.3, 0.4) is 0 Å². The molecule has 1 aromatic heterocycles. The van der Waals surface area contributed by atoms with Crippen molar-refractivity contribution in [2.45, 2.75) is 44.8 Å². The Labute approximate surface area is 165 Å². The van der Waals surface area contributed by atoms with Crippen LogP contribution in [0.15, 0.2) is 29.2 Å². The standard InChI is InChI=1S/C19H26N4O4S/c1-12-10-23(11-13(2)27-12)28(25,26)17-8-6-7-16(9-17)19(24)20-18-14(3)21-22(5)15(18)4/h6-9,12-13H,10-11H2,1-5H3,(H,20,24). The van der Waals surface area contributed by atoms with Gasteiger partial charge in [-0.3, -0.25) is 9.48 Å². The number of ether oxygens (including phenoxy) is 1. The molecule has 0 aliphatic carbocycles. The van der Waals surface area contributed by atoms with Crippen LogP contribution in [0.1, 0.15) is 35.6 Å². The fourth-order valence-corrected chi connectivity index (χ4v) is 5.05. The van der Waals surface area contributed by atoms with Gasteiger partial charge >= 0.3 is 0 Å². The SMILES string of the molecule is Cc1nn(C)c(C)c1NC(=O)c1cccc(S(=O)(=O)N2CC(C)OC(C)C2)c1. The topological polar surface area (TPSA) is 93.5 Å². The number of carbonyl (C=O) groups excluding carboxylic acids is 1. The van der Waals surface area contributed by atoms with Gasteiger partial charge in [-0.25, -0.2) is 8.42 Å². The van der Waals surface area contributed by atoms with Crippen molar-refractivity contribution in [3.8, 4) is 0 Å². The van der Waals surface area contributed by atoms with Gasteiger partial charge in [-0.1, -0.05) is 6.07 Å². The zero-order valence-corrected chi connectivity index (χ0v) is 17.6. The van der Waals surface area contributed by atoms with Crippen molar-refractivity contribution in [1.29, 1.82) is 0 Å². The number of morpholine rings is 1. The van der Waals surface area contributed by atoms with Crippen molar-refractivity contribution in [3.63, 3.8) is 0 Å². The summed E-state index contributed by atoms with van der Waals surface area (Å²) >= 11 is 0. The van der Waals surface area contributed by atoms with E-state index in [1.165, 1.54) is 16.4 Å². The molecule has 1 fully saturated rings. The lowest BCUT2D eigenvalue weighted by molar-refractivity contribution is -0.0440. The molecule has 2 heterocycles. The summed E-state index contributed by atoms with van der Waals surface area (Å²) in [7, 11) is -1.91. The number of sulfonamides is 1. The molecule has 0 spiro atoms. The largest absolute Gasteiger partial charge is 0.373 e. The third kappa shape index (κ3) is 3.96. The summed E-state index contributed by atoms with van der Waals surface area (Å²) in [5.74, 6) is -0.375. The maximum atomic E-state index is 13.0. The van der Waals surface area contributed by atoms with Gasteiger partial charge in [-0.15, -0.1) is 0 Å². The van der Waals surface area contributed by atoms with Crippen LogP contribution >= 0.6 is 0 Å². The number of amides is 1. The van der Waals surface area contributed by atoms with E-state index in [1.807, 2.05) is 27.7 Å². The Hall–Kier alpha value is -2.23. The summed E-state index contributed by atoms with van der Waals surface area (Å²) in [5, 5.41) is 7.11. The number of aryl methyl sites for hydroxylation is 2. The maximum Gasteiger partial charge on any atom is 0.255 e. The molecule has 1 N–H and O–H groups in total. The van der Waals surface area contributed by atoms with Crippen LogP contribution in [-0.2, 0) is 21.8 Å². The number of hydrogen-bond donors (Lipinski definition) is 1. The lowest BCUT2D eigenvalue weighted by Crippen LogP contribution is -2.48. The molecular formula is C19H26N4O4S. The zero-order chi connectivity index (χ0) is 20.6. The Morgan fingerprint density at radius 2 is 1.86 bits per heavy atom. The zero-order valence-electron chi connectivity index (χ0n) is 16.8. The summed E-state index contributed by atoms with van der Waals surface area (Å²) in [6.07, 6.45) is -0.358. The molecule has 0 radical (unpaired) electrons. The van der Waals surface area contributed by atoms with E-state index in [4.69, 9.17) is 4.74 Å². The van der Waals surface area contributed by atoms with E-state index >= 15 is 0 Å². The molecule has 1 amide bonds. The Morgan fingerprint density at radius 3 is 2.43 bits per heavy atom. The van der Waals surface area contributed by atoms with Crippen molar-refractivity contribution < 1.29 is 17.9 Å². The summed E-state index contributed by atoms with van der Waals surface area (Å²) in [5.41, 5.74) is 2.44. The molecule has 2 unspecified atom stereocenters. The first-order valence-electron chi connectivity index (χ1n) is 9.17. The van der Waals surface area contributed by atoms with Gasteiger partial charge in [0.15, 0.2) is 0 Å². The van der Waals surface area contributed by atoms with Gasteiger partial charge in [0.1, 0.15) is 0 Å². The quantitative estimate of drug-likeness (QED) is 0.839. The minimum absolute atomic E-state index is 0.0982. The number of nitrogens with zero attached hydrogens (tertiary/aromatic N) is 3. The van der Waals surface area contributed by atoms with E-state index in [2.05, 4.69) is 10.4 Å². The van der Waals surface area contributed by atoms with E-state index in [0.29, 0.717) is 11.4 Å². The first-order valence-corrected chi connectivity index (χ1v) is 10.6.